The number of methoxy groups -OCH3 is 1. The standard InChI is InChI=1S/C18H13N5O5/c1-28-12-6-7-14-13(8-12)15-16(20-14)17(24)22(18(25)21-15)19-9-10-2-4-11(5-3-10)23(26)27/h2-9,20H,1H3,(H,21,25)/b19-9+. The van der Waals surface area contributed by atoms with Crippen LogP contribution in [0, 0.1) is 10.1 Å². The molecular weight excluding hydrogens is 366 g/mol. The number of ether oxygens (including phenoxy) is 1. The molecule has 0 saturated heterocycles. The lowest BCUT2D eigenvalue weighted by Gasteiger charge is -1.99. The van der Waals surface area contributed by atoms with Crippen molar-refractivity contribution in [2.75, 3.05) is 7.11 Å². The van der Waals surface area contributed by atoms with Gasteiger partial charge >= 0.3 is 11.2 Å². The van der Waals surface area contributed by atoms with Crippen molar-refractivity contribution < 1.29 is 9.66 Å². The number of benzene rings is 2. The zero-order chi connectivity index (χ0) is 19.8. The zero-order valence-electron chi connectivity index (χ0n) is 14.5. The predicted molar refractivity (Wildman–Crippen MR) is 103 cm³/mol. The summed E-state index contributed by atoms with van der Waals surface area (Å²) < 4.78 is 5.87. The number of H-pyrrole nitrogens is 2. The highest BCUT2D eigenvalue weighted by atomic mass is 16.6. The maximum atomic E-state index is 12.7. The molecule has 2 heterocycles. The van der Waals surface area contributed by atoms with Crippen LogP contribution in [0.15, 0.2) is 57.2 Å². The van der Waals surface area contributed by atoms with Crippen LogP contribution in [0.2, 0.25) is 0 Å². The number of nitro groups is 1. The fourth-order valence-corrected chi connectivity index (χ4v) is 2.86. The minimum atomic E-state index is -0.709. The second kappa shape index (κ2) is 6.50. The lowest BCUT2D eigenvalue weighted by molar-refractivity contribution is -0.384. The topological polar surface area (TPSA) is 135 Å². The van der Waals surface area contributed by atoms with Gasteiger partial charge in [-0.1, -0.05) is 0 Å². The highest BCUT2D eigenvalue weighted by Gasteiger charge is 2.13. The molecule has 2 aromatic heterocycles. The molecule has 10 nitrogen and oxygen atoms in total. The summed E-state index contributed by atoms with van der Waals surface area (Å²) in [5, 5.41) is 15.3. The molecule has 2 N–H and O–H groups in total. The SMILES string of the molecule is COc1ccc2[nH]c3c(=O)n(/N=C/c4ccc([N+](=O)[O-])cc4)c(=O)[nH]c3c2c1. The van der Waals surface area contributed by atoms with E-state index in [1.165, 1.54) is 37.6 Å². The van der Waals surface area contributed by atoms with Crippen LogP contribution in [0.3, 0.4) is 0 Å². The van der Waals surface area contributed by atoms with E-state index in [4.69, 9.17) is 4.74 Å². The number of non-ortho nitro benzene ring substituents is 1. The Hall–Kier alpha value is -4.21. The Morgan fingerprint density at radius 2 is 1.86 bits per heavy atom. The fraction of sp³-hybridized carbons (Fsp3) is 0.0556. The van der Waals surface area contributed by atoms with Crippen LogP contribution in [-0.2, 0) is 0 Å². The average Bonchev–Trinajstić information content (AvgIpc) is 3.06. The fourth-order valence-electron chi connectivity index (χ4n) is 2.86. The number of rotatable bonds is 4. The molecule has 0 aliphatic rings. The van der Waals surface area contributed by atoms with Gasteiger partial charge in [0.25, 0.3) is 5.69 Å². The van der Waals surface area contributed by atoms with Crippen molar-refractivity contribution in [3.05, 3.63) is 79.0 Å². The van der Waals surface area contributed by atoms with Crippen LogP contribution in [-0.4, -0.2) is 32.9 Å². The molecule has 0 amide bonds. The van der Waals surface area contributed by atoms with Crippen molar-refractivity contribution in [1.29, 1.82) is 0 Å². The lowest BCUT2D eigenvalue weighted by Crippen LogP contribution is -2.32. The first kappa shape index (κ1) is 17.2. The van der Waals surface area contributed by atoms with E-state index in [2.05, 4.69) is 15.1 Å². The molecule has 0 aliphatic heterocycles. The Morgan fingerprint density at radius 3 is 2.54 bits per heavy atom. The van der Waals surface area contributed by atoms with Gasteiger partial charge in [0, 0.05) is 23.0 Å². The van der Waals surface area contributed by atoms with Gasteiger partial charge in [-0.15, -0.1) is 4.68 Å². The molecule has 28 heavy (non-hydrogen) atoms. The number of aromatic nitrogens is 3. The van der Waals surface area contributed by atoms with E-state index in [1.807, 2.05) is 0 Å². The highest BCUT2D eigenvalue weighted by molar-refractivity contribution is 6.04. The van der Waals surface area contributed by atoms with Crippen LogP contribution in [0.4, 0.5) is 5.69 Å². The van der Waals surface area contributed by atoms with Gasteiger partial charge in [-0.05, 0) is 35.9 Å². The van der Waals surface area contributed by atoms with Crippen molar-refractivity contribution in [1.82, 2.24) is 14.6 Å². The minimum absolute atomic E-state index is 0.0675. The smallest absolute Gasteiger partial charge is 0.350 e. The molecule has 0 unspecified atom stereocenters. The number of aromatic amines is 2. The molecule has 0 bridgehead atoms. The molecule has 0 fully saturated rings. The summed E-state index contributed by atoms with van der Waals surface area (Å²) in [5.41, 5.74) is 0.335. The average molecular weight is 379 g/mol. The maximum Gasteiger partial charge on any atom is 0.350 e. The molecule has 0 saturated carbocycles. The normalized spacial score (nSPS) is 11.5. The molecule has 10 heteroatoms. The first-order chi connectivity index (χ1) is 13.5. The summed E-state index contributed by atoms with van der Waals surface area (Å²) in [6.45, 7) is 0. The van der Waals surface area contributed by atoms with Crippen LogP contribution in [0.25, 0.3) is 21.9 Å². The number of nitrogens with zero attached hydrogens (tertiary/aromatic N) is 3. The van der Waals surface area contributed by atoms with Crippen LogP contribution < -0.4 is 16.0 Å². The molecule has 140 valence electrons. The third-order valence-corrected chi connectivity index (χ3v) is 4.26. The third kappa shape index (κ3) is 2.82. The third-order valence-electron chi connectivity index (χ3n) is 4.26. The van der Waals surface area contributed by atoms with Crippen molar-refractivity contribution >= 4 is 33.8 Å². The summed E-state index contributed by atoms with van der Waals surface area (Å²) >= 11 is 0. The van der Waals surface area contributed by atoms with E-state index in [0.717, 1.165) is 0 Å². The second-order valence-corrected chi connectivity index (χ2v) is 5.93. The van der Waals surface area contributed by atoms with Crippen molar-refractivity contribution in [3.8, 4) is 5.75 Å². The summed E-state index contributed by atoms with van der Waals surface area (Å²) in [7, 11) is 1.53. The van der Waals surface area contributed by atoms with Gasteiger partial charge < -0.3 is 14.7 Å². The molecule has 4 rings (SSSR count). The molecule has 0 spiro atoms. The molecule has 2 aromatic carbocycles. The molecule has 0 radical (unpaired) electrons. The molecular formula is C18H13N5O5. The van der Waals surface area contributed by atoms with Gasteiger partial charge in [-0.3, -0.25) is 14.9 Å². The van der Waals surface area contributed by atoms with Gasteiger partial charge in [-0.2, -0.15) is 5.10 Å². The Balaban J connectivity index is 1.81. The Kier molecular flexibility index (Phi) is 4.00. The van der Waals surface area contributed by atoms with Gasteiger partial charge in [-0.25, -0.2) is 4.79 Å². The molecule has 4 aromatic rings. The number of hydrogen-bond donors (Lipinski definition) is 2. The number of nitrogens with one attached hydrogen (secondary N) is 2. The van der Waals surface area contributed by atoms with Crippen LogP contribution in [0.5, 0.6) is 5.75 Å². The largest absolute Gasteiger partial charge is 0.497 e. The first-order valence-corrected chi connectivity index (χ1v) is 8.11. The Bertz CT molecular complexity index is 1360. The van der Waals surface area contributed by atoms with E-state index in [-0.39, 0.29) is 11.2 Å². The number of fused-ring (bicyclic) bond motifs is 3. The second-order valence-electron chi connectivity index (χ2n) is 5.93. The van der Waals surface area contributed by atoms with E-state index in [0.29, 0.717) is 32.4 Å². The van der Waals surface area contributed by atoms with E-state index >= 15 is 0 Å². The molecule has 0 aliphatic carbocycles. The Morgan fingerprint density at radius 1 is 1.11 bits per heavy atom. The summed E-state index contributed by atoms with van der Waals surface area (Å²) in [5.74, 6) is 0.592. The van der Waals surface area contributed by atoms with Crippen molar-refractivity contribution in [2.24, 2.45) is 5.10 Å². The lowest BCUT2D eigenvalue weighted by atomic mass is 10.2. The number of hydrogen-bond acceptors (Lipinski definition) is 6. The molecule has 0 atom stereocenters. The van der Waals surface area contributed by atoms with Crippen molar-refractivity contribution in [2.45, 2.75) is 0 Å². The van der Waals surface area contributed by atoms with Crippen LogP contribution in [0.1, 0.15) is 5.56 Å². The minimum Gasteiger partial charge on any atom is -0.497 e. The summed E-state index contributed by atoms with van der Waals surface area (Å²) in [6, 6.07) is 10.8. The Labute approximate surface area is 155 Å². The monoisotopic (exact) mass is 379 g/mol. The van der Waals surface area contributed by atoms with Gasteiger partial charge in [0.2, 0.25) is 0 Å². The highest BCUT2D eigenvalue weighted by Crippen LogP contribution is 2.25. The number of nitro benzene ring substituents is 1. The van der Waals surface area contributed by atoms with Gasteiger partial charge in [0.05, 0.1) is 23.8 Å². The predicted octanol–water partition coefficient (Wildman–Crippen LogP) is 1.97. The van der Waals surface area contributed by atoms with E-state index < -0.39 is 16.2 Å². The van der Waals surface area contributed by atoms with Gasteiger partial charge in [0.1, 0.15) is 11.3 Å². The quantitative estimate of drug-likeness (QED) is 0.317. The van der Waals surface area contributed by atoms with Crippen molar-refractivity contribution in [3.63, 3.8) is 0 Å². The summed E-state index contributed by atoms with van der Waals surface area (Å²) in [6.07, 6.45) is 1.28. The summed E-state index contributed by atoms with van der Waals surface area (Å²) in [4.78, 5) is 40.9. The van der Waals surface area contributed by atoms with Gasteiger partial charge in [0.15, 0.2) is 0 Å². The maximum absolute atomic E-state index is 12.7. The van der Waals surface area contributed by atoms with E-state index in [9.17, 15) is 19.7 Å². The first-order valence-electron chi connectivity index (χ1n) is 8.11. The zero-order valence-corrected chi connectivity index (χ0v) is 14.5. The van der Waals surface area contributed by atoms with Crippen LogP contribution >= 0.6 is 0 Å². The van der Waals surface area contributed by atoms with E-state index in [1.54, 1.807) is 18.2 Å².